The van der Waals surface area contributed by atoms with Gasteiger partial charge in [-0.15, -0.1) is 10.2 Å². The van der Waals surface area contributed by atoms with Crippen molar-refractivity contribution in [3.8, 4) is 0 Å². The van der Waals surface area contributed by atoms with Crippen LogP contribution in [0.3, 0.4) is 0 Å². The minimum absolute atomic E-state index is 0.110. The number of carbonyl (C=O) groups is 1. The molecule has 0 radical (unpaired) electrons. The van der Waals surface area contributed by atoms with Crippen molar-refractivity contribution < 1.29 is 4.79 Å². The molecule has 1 atom stereocenters. The van der Waals surface area contributed by atoms with E-state index in [0.717, 1.165) is 5.65 Å². The predicted molar refractivity (Wildman–Crippen MR) is 98.9 cm³/mol. The Morgan fingerprint density at radius 1 is 1.12 bits per heavy atom. The van der Waals surface area contributed by atoms with Gasteiger partial charge in [-0.1, -0.05) is 49.2 Å². The lowest BCUT2D eigenvalue weighted by Crippen LogP contribution is -2.34. The lowest BCUT2D eigenvalue weighted by molar-refractivity contribution is -0.121. The van der Waals surface area contributed by atoms with Crippen molar-refractivity contribution in [3.05, 3.63) is 64.0 Å². The number of carbonyl (C=O) groups excluding carboxylic acids is 1. The van der Waals surface area contributed by atoms with Crippen LogP contribution in [0.5, 0.6) is 0 Å². The molecule has 2 aromatic heterocycles. The number of rotatable bonds is 5. The fourth-order valence-electron chi connectivity index (χ4n) is 2.69. The van der Waals surface area contributed by atoms with E-state index >= 15 is 0 Å². The molecule has 0 saturated carbocycles. The van der Waals surface area contributed by atoms with Gasteiger partial charge in [-0.05, 0) is 35.7 Å². The van der Waals surface area contributed by atoms with Crippen LogP contribution in [0.4, 0.5) is 0 Å². The van der Waals surface area contributed by atoms with Crippen LogP contribution in [0.25, 0.3) is 5.65 Å². The van der Waals surface area contributed by atoms with Crippen LogP contribution >= 0.6 is 23.2 Å². The quantitative estimate of drug-likeness (QED) is 0.729. The molecule has 0 fully saturated rings. The van der Waals surface area contributed by atoms with Crippen molar-refractivity contribution in [1.82, 2.24) is 19.9 Å². The molecule has 0 spiro atoms. The third-order valence-corrected chi connectivity index (χ3v) is 4.71. The average Bonchev–Trinajstić information content (AvgIpc) is 3.00. The molecule has 0 saturated heterocycles. The summed E-state index contributed by atoms with van der Waals surface area (Å²) in [7, 11) is 0. The maximum atomic E-state index is 12.6. The Morgan fingerprint density at radius 3 is 2.52 bits per heavy atom. The first-order valence-corrected chi connectivity index (χ1v) is 8.75. The zero-order valence-corrected chi connectivity index (χ0v) is 15.4. The molecule has 1 amide bonds. The first-order valence-electron chi connectivity index (χ1n) is 7.99. The smallest absolute Gasteiger partial charge is 0.225 e. The zero-order chi connectivity index (χ0) is 18.0. The van der Waals surface area contributed by atoms with Crippen LogP contribution in [0, 0.1) is 5.92 Å². The molecule has 1 N–H and O–H groups in total. The van der Waals surface area contributed by atoms with E-state index in [1.165, 1.54) is 0 Å². The maximum absolute atomic E-state index is 12.6. The summed E-state index contributed by atoms with van der Waals surface area (Å²) >= 11 is 12.3. The van der Waals surface area contributed by atoms with E-state index in [2.05, 4.69) is 15.5 Å². The topological polar surface area (TPSA) is 59.3 Å². The Morgan fingerprint density at radius 2 is 1.84 bits per heavy atom. The summed E-state index contributed by atoms with van der Waals surface area (Å²) in [6, 6.07) is 10.6. The monoisotopic (exact) mass is 376 g/mol. The van der Waals surface area contributed by atoms with Gasteiger partial charge in [-0.25, -0.2) is 0 Å². The predicted octanol–water partition coefficient (Wildman–Crippen LogP) is 4.09. The molecular formula is C18H18Cl2N4O. The molecule has 0 aliphatic carbocycles. The number of benzene rings is 1. The van der Waals surface area contributed by atoms with Gasteiger partial charge in [0.05, 0.1) is 12.5 Å². The first kappa shape index (κ1) is 17.7. The lowest BCUT2D eigenvalue weighted by atomic mass is 10.0. The van der Waals surface area contributed by atoms with Gasteiger partial charge < -0.3 is 5.32 Å². The van der Waals surface area contributed by atoms with E-state index < -0.39 is 0 Å². The summed E-state index contributed by atoms with van der Waals surface area (Å²) in [4.78, 5) is 12.6. The minimum Gasteiger partial charge on any atom is -0.346 e. The number of hydrogen-bond donors (Lipinski definition) is 1. The van der Waals surface area contributed by atoms with Crippen LogP contribution in [-0.4, -0.2) is 20.5 Å². The van der Waals surface area contributed by atoms with Gasteiger partial charge in [0.15, 0.2) is 11.5 Å². The van der Waals surface area contributed by atoms with E-state index in [9.17, 15) is 4.79 Å². The van der Waals surface area contributed by atoms with Crippen molar-refractivity contribution in [2.75, 3.05) is 0 Å². The molecule has 25 heavy (non-hydrogen) atoms. The van der Waals surface area contributed by atoms with E-state index in [1.54, 1.807) is 18.2 Å². The largest absolute Gasteiger partial charge is 0.346 e. The van der Waals surface area contributed by atoms with Gasteiger partial charge in [0, 0.05) is 16.2 Å². The number of fused-ring (bicyclic) bond motifs is 1. The third kappa shape index (κ3) is 3.78. The second kappa shape index (κ2) is 7.42. The van der Waals surface area contributed by atoms with Gasteiger partial charge in [0.1, 0.15) is 0 Å². The van der Waals surface area contributed by atoms with Crippen molar-refractivity contribution in [3.63, 3.8) is 0 Å². The Kier molecular flexibility index (Phi) is 5.25. The summed E-state index contributed by atoms with van der Waals surface area (Å²) in [5, 5.41) is 12.4. The van der Waals surface area contributed by atoms with Crippen molar-refractivity contribution in [2.45, 2.75) is 26.3 Å². The lowest BCUT2D eigenvalue weighted by Gasteiger charge is -2.21. The second-order valence-electron chi connectivity index (χ2n) is 6.15. The Balaban J connectivity index is 1.84. The van der Waals surface area contributed by atoms with Crippen LogP contribution < -0.4 is 5.32 Å². The minimum atomic E-state index is -0.272. The van der Waals surface area contributed by atoms with Crippen molar-refractivity contribution in [2.24, 2.45) is 5.92 Å². The fraction of sp³-hybridized carbons (Fsp3) is 0.278. The Bertz CT molecular complexity index is 887. The van der Waals surface area contributed by atoms with Crippen molar-refractivity contribution in [1.29, 1.82) is 0 Å². The second-order valence-corrected chi connectivity index (χ2v) is 6.97. The number of amides is 1. The highest BCUT2D eigenvalue weighted by Crippen LogP contribution is 2.26. The highest BCUT2D eigenvalue weighted by atomic mass is 35.5. The van der Waals surface area contributed by atoms with Gasteiger partial charge in [0.2, 0.25) is 5.91 Å². The summed E-state index contributed by atoms with van der Waals surface area (Å²) < 4.78 is 1.88. The fourth-order valence-corrected chi connectivity index (χ4v) is 3.22. The Labute approximate surface area is 156 Å². The number of aromatic nitrogens is 3. The highest BCUT2D eigenvalue weighted by molar-refractivity contribution is 6.36. The molecule has 5 nitrogen and oxygen atoms in total. The molecule has 1 aromatic carbocycles. The maximum Gasteiger partial charge on any atom is 0.225 e. The highest BCUT2D eigenvalue weighted by Gasteiger charge is 2.24. The van der Waals surface area contributed by atoms with E-state index in [-0.39, 0.29) is 24.3 Å². The summed E-state index contributed by atoms with van der Waals surface area (Å²) in [6.45, 7) is 4.05. The number of nitrogens with zero attached hydrogens (tertiary/aromatic N) is 3. The van der Waals surface area contributed by atoms with Crippen LogP contribution in [0.2, 0.25) is 10.0 Å². The number of pyridine rings is 1. The molecule has 7 heteroatoms. The number of halogens is 2. The third-order valence-electron chi connectivity index (χ3n) is 4.00. The first-order chi connectivity index (χ1) is 12.0. The van der Waals surface area contributed by atoms with Gasteiger partial charge in [0.25, 0.3) is 0 Å². The molecule has 1 unspecified atom stereocenters. The number of nitrogens with one attached hydrogen (secondary N) is 1. The number of hydrogen-bond acceptors (Lipinski definition) is 3. The van der Waals surface area contributed by atoms with Crippen LogP contribution in [0.1, 0.15) is 31.3 Å². The molecule has 130 valence electrons. The molecule has 0 bridgehead atoms. The Hall–Kier alpha value is -2.11. The van der Waals surface area contributed by atoms with Gasteiger partial charge in [-0.2, -0.15) is 0 Å². The zero-order valence-electron chi connectivity index (χ0n) is 13.9. The summed E-state index contributed by atoms with van der Waals surface area (Å²) in [5.41, 5.74) is 1.36. The SMILES string of the molecule is CC(C)C(NC(=O)Cc1c(Cl)cccc1Cl)c1nnc2ccccn12. The van der Waals surface area contributed by atoms with E-state index in [0.29, 0.717) is 21.4 Å². The van der Waals surface area contributed by atoms with Gasteiger partial charge in [-0.3, -0.25) is 9.20 Å². The van der Waals surface area contributed by atoms with E-state index in [1.807, 2.05) is 42.6 Å². The summed E-state index contributed by atoms with van der Waals surface area (Å²) in [5.74, 6) is 0.670. The van der Waals surface area contributed by atoms with Crippen LogP contribution in [-0.2, 0) is 11.2 Å². The molecule has 2 heterocycles. The normalized spacial score (nSPS) is 12.5. The molecule has 3 aromatic rings. The van der Waals surface area contributed by atoms with Gasteiger partial charge >= 0.3 is 0 Å². The standard InChI is InChI=1S/C18H18Cl2N4O/c1-11(2)17(18-23-22-15-8-3-4-9-24(15)18)21-16(25)10-12-13(19)6-5-7-14(12)20/h3-9,11,17H,10H2,1-2H3,(H,21,25). The molecule has 3 rings (SSSR count). The molecule has 0 aliphatic heterocycles. The van der Waals surface area contributed by atoms with E-state index in [4.69, 9.17) is 23.2 Å². The average molecular weight is 377 g/mol. The van der Waals surface area contributed by atoms with Crippen LogP contribution in [0.15, 0.2) is 42.6 Å². The molecule has 0 aliphatic rings. The summed E-state index contributed by atoms with van der Waals surface area (Å²) in [6.07, 6.45) is 2.00. The van der Waals surface area contributed by atoms with Crippen molar-refractivity contribution >= 4 is 34.8 Å². The molecular weight excluding hydrogens is 359 g/mol.